The number of nitrogens with zero attached hydrogens (tertiary/aromatic N) is 2. The molecule has 0 aliphatic heterocycles. The quantitative estimate of drug-likeness (QED) is 0.810. The van der Waals surface area contributed by atoms with Crippen LogP contribution in [-0.2, 0) is 4.79 Å². The van der Waals surface area contributed by atoms with E-state index in [1.165, 1.54) is 0 Å². The minimum Gasteiger partial charge on any atom is -0.505 e. The molecule has 0 bridgehead atoms. The van der Waals surface area contributed by atoms with Crippen LogP contribution in [0.4, 0.5) is 0 Å². The average Bonchev–Trinajstić information content (AvgIpc) is 2.47. The Morgan fingerprint density at radius 1 is 1.41 bits per heavy atom. The fourth-order valence-electron chi connectivity index (χ4n) is 1.81. The molecule has 114 valence electrons. The Kier molecular flexibility index (Phi) is 4.57. The molecule has 1 aromatic carbocycles. The van der Waals surface area contributed by atoms with E-state index in [4.69, 9.17) is 9.84 Å². The van der Waals surface area contributed by atoms with Gasteiger partial charge in [-0.1, -0.05) is 12.1 Å². The van der Waals surface area contributed by atoms with Gasteiger partial charge in [0.15, 0.2) is 0 Å². The Bertz CT molecular complexity index is 780. The second-order valence-corrected chi connectivity index (χ2v) is 4.24. The van der Waals surface area contributed by atoms with Gasteiger partial charge in [-0.05, 0) is 25.1 Å². The molecular weight excluding hydrogens is 288 g/mol. The molecule has 0 aliphatic carbocycles. The molecule has 2 aromatic rings. The molecule has 0 saturated carbocycles. The van der Waals surface area contributed by atoms with Crippen molar-refractivity contribution >= 4 is 12.0 Å². The van der Waals surface area contributed by atoms with Crippen LogP contribution < -0.4 is 10.3 Å². The van der Waals surface area contributed by atoms with Crippen molar-refractivity contribution in [2.45, 2.75) is 6.92 Å². The molecule has 0 atom stereocenters. The number of aliphatic carboxylic acids is 1. The van der Waals surface area contributed by atoms with Crippen LogP contribution in [0.1, 0.15) is 12.6 Å². The summed E-state index contributed by atoms with van der Waals surface area (Å²) in [4.78, 5) is 22.6. The number of rotatable bonds is 5. The van der Waals surface area contributed by atoms with Gasteiger partial charge in [0.25, 0.3) is 5.56 Å². The third-order valence-corrected chi connectivity index (χ3v) is 2.72. The van der Waals surface area contributed by atoms with E-state index in [0.29, 0.717) is 18.0 Å². The summed E-state index contributed by atoms with van der Waals surface area (Å²) in [5, 5.41) is 22.3. The molecule has 2 N–H and O–H groups in total. The highest BCUT2D eigenvalue weighted by Gasteiger charge is 2.11. The lowest BCUT2D eigenvalue weighted by atomic mass is 10.3. The number of hydrogen-bond donors (Lipinski definition) is 2. The number of para-hydroxylation sites is 2. The highest BCUT2D eigenvalue weighted by molar-refractivity contribution is 5.85. The average molecular weight is 302 g/mol. The van der Waals surface area contributed by atoms with Gasteiger partial charge in [0.1, 0.15) is 22.9 Å². The highest BCUT2D eigenvalue weighted by Crippen LogP contribution is 2.22. The molecule has 0 fully saturated rings. The second kappa shape index (κ2) is 6.57. The summed E-state index contributed by atoms with van der Waals surface area (Å²) < 4.78 is 6.49. The van der Waals surface area contributed by atoms with Crippen LogP contribution in [0.2, 0.25) is 0 Å². The van der Waals surface area contributed by atoms with Gasteiger partial charge in [0, 0.05) is 12.1 Å². The maximum atomic E-state index is 12.0. The molecule has 1 aromatic heterocycles. The van der Waals surface area contributed by atoms with Gasteiger partial charge in [0.05, 0.1) is 6.61 Å². The maximum absolute atomic E-state index is 12.0. The number of benzene rings is 1. The van der Waals surface area contributed by atoms with Crippen LogP contribution in [0.25, 0.3) is 11.8 Å². The minimum atomic E-state index is -1.19. The van der Waals surface area contributed by atoms with E-state index >= 15 is 0 Å². The number of carbonyl (C=O) groups is 1. The van der Waals surface area contributed by atoms with Crippen LogP contribution in [0.5, 0.6) is 11.5 Å². The van der Waals surface area contributed by atoms with E-state index in [0.717, 1.165) is 22.9 Å². The van der Waals surface area contributed by atoms with Gasteiger partial charge >= 0.3 is 5.97 Å². The van der Waals surface area contributed by atoms with Crippen LogP contribution in [-0.4, -0.2) is 32.6 Å². The van der Waals surface area contributed by atoms with Gasteiger partial charge in [-0.15, -0.1) is 0 Å². The molecule has 2 rings (SSSR count). The first-order chi connectivity index (χ1) is 10.5. The first kappa shape index (κ1) is 15.3. The summed E-state index contributed by atoms with van der Waals surface area (Å²) in [6.07, 6.45) is 1.93. The van der Waals surface area contributed by atoms with Crippen molar-refractivity contribution in [3.63, 3.8) is 0 Å². The number of carboxylic acid groups (broad SMARTS) is 1. The van der Waals surface area contributed by atoms with Crippen molar-refractivity contribution < 1.29 is 19.7 Å². The van der Waals surface area contributed by atoms with Gasteiger partial charge in [-0.3, -0.25) is 4.79 Å². The van der Waals surface area contributed by atoms with Crippen molar-refractivity contribution in [3.8, 4) is 17.2 Å². The summed E-state index contributed by atoms with van der Waals surface area (Å²) in [6, 6.07) is 7.77. The lowest BCUT2D eigenvalue weighted by Gasteiger charge is -2.11. The van der Waals surface area contributed by atoms with Crippen molar-refractivity contribution in [3.05, 3.63) is 52.5 Å². The smallest absolute Gasteiger partial charge is 0.328 e. The number of aromatic nitrogens is 2. The van der Waals surface area contributed by atoms with E-state index in [1.54, 1.807) is 24.3 Å². The summed E-state index contributed by atoms with van der Waals surface area (Å²) in [7, 11) is 0. The number of ether oxygens (including phenoxy) is 1. The zero-order valence-corrected chi connectivity index (χ0v) is 11.8. The monoisotopic (exact) mass is 302 g/mol. The lowest BCUT2D eigenvalue weighted by molar-refractivity contribution is -0.131. The Labute approximate surface area is 125 Å². The fraction of sp³-hybridized carbons (Fsp3) is 0.133. The van der Waals surface area contributed by atoms with Crippen LogP contribution in [0.3, 0.4) is 0 Å². The van der Waals surface area contributed by atoms with Gasteiger partial charge in [0.2, 0.25) is 0 Å². The first-order valence-electron chi connectivity index (χ1n) is 6.49. The molecule has 0 unspecified atom stereocenters. The van der Waals surface area contributed by atoms with E-state index in [2.05, 4.69) is 5.10 Å². The highest BCUT2D eigenvalue weighted by atomic mass is 16.5. The summed E-state index contributed by atoms with van der Waals surface area (Å²) in [6.45, 7) is 2.22. The fourth-order valence-corrected chi connectivity index (χ4v) is 1.81. The van der Waals surface area contributed by atoms with Gasteiger partial charge < -0.3 is 14.9 Å². The number of aromatic hydroxyl groups is 1. The van der Waals surface area contributed by atoms with Crippen molar-refractivity contribution in [2.75, 3.05) is 6.61 Å². The molecule has 7 nitrogen and oxygen atoms in total. The van der Waals surface area contributed by atoms with E-state index in [9.17, 15) is 14.7 Å². The Morgan fingerprint density at radius 2 is 2.14 bits per heavy atom. The molecule has 22 heavy (non-hydrogen) atoms. The SMILES string of the molecule is CCOc1ccccc1-n1nc(/C=C/C(=O)O)c(O)cc1=O. The van der Waals surface area contributed by atoms with Crippen LogP contribution in [0, 0.1) is 0 Å². The Hall–Kier alpha value is -3.09. The van der Waals surface area contributed by atoms with E-state index in [-0.39, 0.29) is 5.69 Å². The predicted octanol–water partition coefficient (Wildman–Crippen LogP) is 1.43. The van der Waals surface area contributed by atoms with Crippen LogP contribution in [0.15, 0.2) is 41.2 Å². The third kappa shape index (κ3) is 3.32. The Balaban J connectivity index is 2.59. The zero-order chi connectivity index (χ0) is 16.1. The molecule has 0 aliphatic rings. The van der Waals surface area contributed by atoms with Crippen LogP contribution >= 0.6 is 0 Å². The zero-order valence-electron chi connectivity index (χ0n) is 11.8. The predicted molar refractivity (Wildman–Crippen MR) is 79.3 cm³/mol. The van der Waals surface area contributed by atoms with Crippen molar-refractivity contribution in [1.82, 2.24) is 9.78 Å². The standard InChI is InChI=1S/C15H14N2O5/c1-2-22-13-6-4-3-5-11(13)17-14(19)9-12(18)10(16-17)7-8-15(20)21/h3-9,18H,2H2,1H3,(H,20,21)/b8-7+. The molecule has 0 spiro atoms. The lowest BCUT2D eigenvalue weighted by Crippen LogP contribution is -2.21. The third-order valence-electron chi connectivity index (χ3n) is 2.72. The molecular formula is C15H14N2O5. The van der Waals surface area contributed by atoms with Gasteiger partial charge in [-0.2, -0.15) is 9.78 Å². The Morgan fingerprint density at radius 3 is 2.82 bits per heavy atom. The van der Waals surface area contributed by atoms with E-state index < -0.39 is 17.3 Å². The minimum absolute atomic E-state index is 0.0340. The topological polar surface area (TPSA) is 102 Å². The normalized spacial score (nSPS) is 10.8. The molecule has 1 heterocycles. The first-order valence-corrected chi connectivity index (χ1v) is 6.49. The van der Waals surface area contributed by atoms with Crippen molar-refractivity contribution in [2.24, 2.45) is 0 Å². The molecule has 7 heteroatoms. The molecule has 0 amide bonds. The summed E-state index contributed by atoms with van der Waals surface area (Å²) in [5.74, 6) is -1.13. The summed E-state index contributed by atoms with van der Waals surface area (Å²) in [5.41, 5.74) is -0.190. The van der Waals surface area contributed by atoms with Crippen molar-refractivity contribution in [1.29, 1.82) is 0 Å². The molecule has 0 saturated heterocycles. The second-order valence-electron chi connectivity index (χ2n) is 4.24. The van der Waals surface area contributed by atoms with Gasteiger partial charge in [-0.25, -0.2) is 4.79 Å². The molecule has 0 radical (unpaired) electrons. The number of carboxylic acids is 1. The number of hydrogen-bond acceptors (Lipinski definition) is 5. The van der Waals surface area contributed by atoms with E-state index in [1.807, 2.05) is 6.92 Å². The maximum Gasteiger partial charge on any atom is 0.328 e. The largest absolute Gasteiger partial charge is 0.505 e. The summed E-state index contributed by atoms with van der Waals surface area (Å²) >= 11 is 0.